The molecule has 3 aromatic carbocycles. The SMILES string of the molecule is O=C(CN1CCN(S(=O)(=O)c2ccc3ccccc3c2)CC1)Nc1ccc(Cl)c(Cl)c1. The van der Waals surface area contributed by atoms with Gasteiger partial charge in [0.15, 0.2) is 0 Å². The summed E-state index contributed by atoms with van der Waals surface area (Å²) in [6.07, 6.45) is 0. The molecule has 1 amide bonds. The number of anilines is 1. The van der Waals surface area contributed by atoms with Gasteiger partial charge in [0.2, 0.25) is 15.9 Å². The molecule has 1 saturated heterocycles. The Kier molecular flexibility index (Phi) is 6.50. The minimum Gasteiger partial charge on any atom is -0.325 e. The van der Waals surface area contributed by atoms with Crippen molar-refractivity contribution >= 4 is 55.6 Å². The normalized spacial score (nSPS) is 15.8. The highest BCUT2D eigenvalue weighted by molar-refractivity contribution is 7.89. The van der Waals surface area contributed by atoms with Crippen molar-refractivity contribution in [1.29, 1.82) is 0 Å². The van der Waals surface area contributed by atoms with Crippen LogP contribution in [-0.2, 0) is 14.8 Å². The molecule has 0 unspecified atom stereocenters. The Morgan fingerprint density at radius 2 is 1.58 bits per heavy atom. The molecule has 0 aromatic heterocycles. The minimum absolute atomic E-state index is 0.171. The van der Waals surface area contributed by atoms with Crippen LogP contribution >= 0.6 is 23.2 Å². The zero-order valence-corrected chi connectivity index (χ0v) is 18.9. The lowest BCUT2D eigenvalue weighted by molar-refractivity contribution is -0.117. The maximum absolute atomic E-state index is 13.1. The fraction of sp³-hybridized carbons (Fsp3) is 0.227. The number of hydrogen-bond donors (Lipinski definition) is 1. The second kappa shape index (κ2) is 9.14. The number of carbonyl (C=O) groups excluding carboxylic acids is 1. The first-order valence-corrected chi connectivity index (χ1v) is 12.0. The second-order valence-corrected chi connectivity index (χ2v) is 10.1. The summed E-state index contributed by atoms with van der Waals surface area (Å²) in [5.41, 5.74) is 0.567. The van der Waals surface area contributed by atoms with E-state index in [-0.39, 0.29) is 17.3 Å². The van der Waals surface area contributed by atoms with Gasteiger partial charge in [0.05, 0.1) is 21.5 Å². The molecule has 31 heavy (non-hydrogen) atoms. The standard InChI is InChI=1S/C22H21Cl2N3O3S/c23-20-8-6-18(14-21(20)24)25-22(28)15-26-9-11-27(12-10-26)31(29,30)19-7-5-16-3-1-2-4-17(16)13-19/h1-8,13-14H,9-12,15H2,(H,25,28). The molecule has 1 heterocycles. The Labute approximate surface area is 191 Å². The Bertz CT molecular complexity index is 1230. The van der Waals surface area contributed by atoms with Crippen LogP contribution in [0.3, 0.4) is 0 Å². The van der Waals surface area contributed by atoms with E-state index in [0.717, 1.165) is 10.8 Å². The van der Waals surface area contributed by atoms with Gasteiger partial charge in [0.1, 0.15) is 0 Å². The summed E-state index contributed by atoms with van der Waals surface area (Å²) in [4.78, 5) is 14.6. The largest absolute Gasteiger partial charge is 0.325 e. The Hall–Kier alpha value is -2.16. The van der Waals surface area contributed by atoms with Crippen LogP contribution < -0.4 is 5.32 Å². The van der Waals surface area contributed by atoms with E-state index in [1.54, 1.807) is 30.3 Å². The van der Waals surface area contributed by atoms with Crippen LogP contribution in [0.4, 0.5) is 5.69 Å². The predicted octanol–water partition coefficient (Wildman–Crippen LogP) is 4.09. The average Bonchev–Trinajstić information content (AvgIpc) is 2.76. The summed E-state index contributed by atoms with van der Waals surface area (Å²) >= 11 is 11.9. The first-order valence-electron chi connectivity index (χ1n) is 9.79. The Morgan fingerprint density at radius 3 is 2.29 bits per heavy atom. The number of carbonyl (C=O) groups is 1. The molecule has 6 nitrogen and oxygen atoms in total. The van der Waals surface area contributed by atoms with E-state index in [9.17, 15) is 13.2 Å². The molecule has 9 heteroatoms. The van der Waals surface area contributed by atoms with E-state index in [1.807, 2.05) is 35.2 Å². The summed E-state index contributed by atoms with van der Waals surface area (Å²) in [7, 11) is -3.58. The number of nitrogens with one attached hydrogen (secondary N) is 1. The van der Waals surface area contributed by atoms with Crippen LogP contribution in [0.25, 0.3) is 10.8 Å². The van der Waals surface area contributed by atoms with Crippen molar-refractivity contribution in [3.63, 3.8) is 0 Å². The van der Waals surface area contributed by atoms with Crippen LogP contribution in [0.15, 0.2) is 65.6 Å². The van der Waals surface area contributed by atoms with E-state index in [1.165, 1.54) is 4.31 Å². The lowest BCUT2D eigenvalue weighted by Gasteiger charge is -2.33. The Morgan fingerprint density at radius 1 is 0.871 bits per heavy atom. The summed E-state index contributed by atoms with van der Waals surface area (Å²) in [6.45, 7) is 1.78. The summed E-state index contributed by atoms with van der Waals surface area (Å²) < 4.78 is 27.6. The smallest absolute Gasteiger partial charge is 0.243 e. The number of benzene rings is 3. The molecule has 0 saturated carbocycles. The molecule has 162 valence electrons. The van der Waals surface area contributed by atoms with Crippen LogP contribution in [0.2, 0.25) is 10.0 Å². The molecule has 1 fully saturated rings. The van der Waals surface area contributed by atoms with Crippen LogP contribution in [-0.4, -0.2) is 56.3 Å². The predicted molar refractivity (Wildman–Crippen MR) is 124 cm³/mol. The average molecular weight is 478 g/mol. The third-order valence-electron chi connectivity index (χ3n) is 5.26. The van der Waals surface area contributed by atoms with Crippen molar-refractivity contribution < 1.29 is 13.2 Å². The third-order valence-corrected chi connectivity index (χ3v) is 7.89. The van der Waals surface area contributed by atoms with Gasteiger partial charge in [0, 0.05) is 31.9 Å². The van der Waals surface area contributed by atoms with Crippen LogP contribution in [0.1, 0.15) is 0 Å². The number of nitrogens with zero attached hydrogens (tertiary/aromatic N) is 2. The fourth-order valence-corrected chi connectivity index (χ4v) is 5.34. The topological polar surface area (TPSA) is 69.7 Å². The summed E-state index contributed by atoms with van der Waals surface area (Å²) in [5, 5.41) is 5.46. The number of hydrogen-bond acceptors (Lipinski definition) is 4. The maximum Gasteiger partial charge on any atom is 0.243 e. The van der Waals surface area contributed by atoms with E-state index in [4.69, 9.17) is 23.2 Å². The molecule has 1 aliphatic heterocycles. The van der Waals surface area contributed by atoms with Gasteiger partial charge in [-0.05, 0) is 41.1 Å². The Balaban J connectivity index is 1.36. The molecule has 0 radical (unpaired) electrons. The second-order valence-electron chi connectivity index (χ2n) is 7.37. The van der Waals surface area contributed by atoms with Gasteiger partial charge in [-0.3, -0.25) is 9.69 Å². The highest BCUT2D eigenvalue weighted by Crippen LogP contribution is 2.25. The molecule has 4 rings (SSSR count). The third kappa shape index (κ3) is 5.02. The number of rotatable bonds is 5. The zero-order valence-electron chi connectivity index (χ0n) is 16.6. The lowest BCUT2D eigenvalue weighted by Crippen LogP contribution is -2.50. The van der Waals surface area contributed by atoms with Crippen LogP contribution in [0.5, 0.6) is 0 Å². The van der Waals surface area contributed by atoms with E-state index in [2.05, 4.69) is 5.32 Å². The number of piperazine rings is 1. The highest BCUT2D eigenvalue weighted by atomic mass is 35.5. The molecule has 1 N–H and O–H groups in total. The summed E-state index contributed by atoms with van der Waals surface area (Å²) in [6, 6.07) is 17.7. The molecule has 0 aliphatic carbocycles. The van der Waals surface area contributed by atoms with E-state index >= 15 is 0 Å². The minimum atomic E-state index is -3.58. The summed E-state index contributed by atoms with van der Waals surface area (Å²) in [5.74, 6) is -0.191. The fourth-order valence-electron chi connectivity index (χ4n) is 3.58. The molecule has 0 bridgehead atoms. The first kappa shape index (κ1) is 22.0. The van der Waals surface area contributed by atoms with Gasteiger partial charge < -0.3 is 5.32 Å². The molecule has 3 aromatic rings. The van der Waals surface area contributed by atoms with Crippen molar-refractivity contribution in [1.82, 2.24) is 9.21 Å². The van der Waals surface area contributed by atoms with Gasteiger partial charge >= 0.3 is 0 Å². The molecule has 0 atom stereocenters. The quantitative estimate of drug-likeness (QED) is 0.600. The number of amides is 1. The van der Waals surface area contributed by atoms with Crippen molar-refractivity contribution in [2.75, 3.05) is 38.0 Å². The monoisotopic (exact) mass is 477 g/mol. The molecular weight excluding hydrogens is 457 g/mol. The van der Waals surface area contributed by atoms with E-state index in [0.29, 0.717) is 41.9 Å². The first-order chi connectivity index (χ1) is 14.8. The number of sulfonamides is 1. The molecular formula is C22H21Cl2N3O3S. The zero-order chi connectivity index (χ0) is 22.0. The molecule has 1 aliphatic rings. The van der Waals surface area contributed by atoms with Crippen molar-refractivity contribution in [2.24, 2.45) is 0 Å². The van der Waals surface area contributed by atoms with Gasteiger partial charge in [-0.15, -0.1) is 0 Å². The van der Waals surface area contributed by atoms with Crippen molar-refractivity contribution in [3.05, 3.63) is 70.7 Å². The van der Waals surface area contributed by atoms with Crippen molar-refractivity contribution in [3.8, 4) is 0 Å². The molecule has 0 spiro atoms. The van der Waals surface area contributed by atoms with Gasteiger partial charge in [-0.25, -0.2) is 8.42 Å². The lowest BCUT2D eigenvalue weighted by atomic mass is 10.1. The van der Waals surface area contributed by atoms with Gasteiger partial charge in [0.25, 0.3) is 0 Å². The highest BCUT2D eigenvalue weighted by Gasteiger charge is 2.29. The number of fused-ring (bicyclic) bond motifs is 1. The van der Waals surface area contributed by atoms with Crippen LogP contribution in [0, 0.1) is 0 Å². The van der Waals surface area contributed by atoms with E-state index < -0.39 is 10.0 Å². The van der Waals surface area contributed by atoms with Gasteiger partial charge in [-0.1, -0.05) is 53.5 Å². The van der Waals surface area contributed by atoms with Crippen molar-refractivity contribution in [2.45, 2.75) is 4.90 Å². The number of halogens is 2. The maximum atomic E-state index is 13.1. The van der Waals surface area contributed by atoms with Gasteiger partial charge in [-0.2, -0.15) is 4.31 Å².